The van der Waals surface area contributed by atoms with E-state index in [2.05, 4.69) is 0 Å². The molecule has 2 rings (SSSR count). The van der Waals surface area contributed by atoms with E-state index < -0.39 is 4.92 Å². The summed E-state index contributed by atoms with van der Waals surface area (Å²) in [7, 11) is 0. The molecule has 0 heterocycles. The number of rotatable bonds is 3. The van der Waals surface area contributed by atoms with E-state index in [1.165, 1.54) is 13.0 Å². The Balaban J connectivity index is 2.55. The van der Waals surface area contributed by atoms with Crippen LogP contribution in [0.1, 0.15) is 22.8 Å². The molecule has 0 spiro atoms. The van der Waals surface area contributed by atoms with Crippen LogP contribution in [-0.2, 0) is 0 Å². The number of hydrogen-bond acceptors (Lipinski definition) is 3. The molecule has 0 atom stereocenters. The SMILES string of the molecule is CC(=O)c1cc(-c2ccc(C)cc2)ccc1[N+](=O)[O-]. The molecule has 0 saturated heterocycles. The van der Waals surface area contributed by atoms with Gasteiger partial charge in [-0.3, -0.25) is 14.9 Å². The van der Waals surface area contributed by atoms with E-state index >= 15 is 0 Å². The molecule has 96 valence electrons. The molecule has 0 bridgehead atoms. The summed E-state index contributed by atoms with van der Waals surface area (Å²) in [4.78, 5) is 21.8. The zero-order valence-corrected chi connectivity index (χ0v) is 10.7. The molecule has 0 aliphatic rings. The minimum absolute atomic E-state index is 0.142. The molecule has 4 nitrogen and oxygen atoms in total. The Kier molecular flexibility index (Phi) is 3.42. The summed E-state index contributed by atoms with van der Waals surface area (Å²) in [5.74, 6) is -0.305. The number of Topliss-reactive ketones (excluding diaryl/α,β-unsaturated/α-hetero) is 1. The van der Waals surface area contributed by atoms with E-state index in [-0.39, 0.29) is 17.0 Å². The van der Waals surface area contributed by atoms with Crippen LogP contribution < -0.4 is 0 Å². The highest BCUT2D eigenvalue weighted by atomic mass is 16.6. The number of nitro groups is 1. The number of benzene rings is 2. The number of hydrogen-bond donors (Lipinski definition) is 0. The van der Waals surface area contributed by atoms with Gasteiger partial charge in [-0.05, 0) is 37.1 Å². The number of carbonyl (C=O) groups is 1. The van der Waals surface area contributed by atoms with Crippen LogP contribution in [0.4, 0.5) is 5.69 Å². The van der Waals surface area contributed by atoms with Crippen molar-refractivity contribution in [2.75, 3.05) is 0 Å². The van der Waals surface area contributed by atoms with Gasteiger partial charge in [0.15, 0.2) is 5.78 Å². The van der Waals surface area contributed by atoms with E-state index in [0.717, 1.165) is 16.7 Å². The van der Waals surface area contributed by atoms with Crippen molar-refractivity contribution in [3.63, 3.8) is 0 Å². The molecule has 19 heavy (non-hydrogen) atoms. The maximum Gasteiger partial charge on any atom is 0.280 e. The highest BCUT2D eigenvalue weighted by molar-refractivity contribution is 5.99. The molecule has 2 aromatic carbocycles. The van der Waals surface area contributed by atoms with Crippen LogP contribution in [0.5, 0.6) is 0 Å². The number of nitro benzene ring substituents is 1. The number of ketones is 1. The third-order valence-corrected chi connectivity index (χ3v) is 2.96. The van der Waals surface area contributed by atoms with Gasteiger partial charge in [0.05, 0.1) is 10.5 Å². The highest BCUT2D eigenvalue weighted by Gasteiger charge is 2.17. The summed E-state index contributed by atoms with van der Waals surface area (Å²) in [6.45, 7) is 3.32. The topological polar surface area (TPSA) is 60.2 Å². The van der Waals surface area contributed by atoms with Gasteiger partial charge >= 0.3 is 0 Å². The second-order valence-corrected chi connectivity index (χ2v) is 4.41. The van der Waals surface area contributed by atoms with Gasteiger partial charge in [-0.1, -0.05) is 29.8 Å². The van der Waals surface area contributed by atoms with Gasteiger partial charge in [0.2, 0.25) is 0 Å². The number of carbonyl (C=O) groups excluding carboxylic acids is 1. The van der Waals surface area contributed by atoms with E-state index in [9.17, 15) is 14.9 Å². The Bertz CT molecular complexity index is 645. The minimum Gasteiger partial charge on any atom is -0.294 e. The van der Waals surface area contributed by atoms with Crippen molar-refractivity contribution < 1.29 is 9.72 Å². The smallest absolute Gasteiger partial charge is 0.280 e. The molecule has 0 aliphatic carbocycles. The molecule has 0 fully saturated rings. The van der Waals surface area contributed by atoms with Crippen molar-refractivity contribution >= 4 is 11.5 Å². The largest absolute Gasteiger partial charge is 0.294 e. The lowest BCUT2D eigenvalue weighted by Crippen LogP contribution is -2.00. The van der Waals surface area contributed by atoms with Crippen molar-refractivity contribution in [3.05, 3.63) is 63.7 Å². The Morgan fingerprint density at radius 1 is 1.05 bits per heavy atom. The summed E-state index contributed by atoms with van der Waals surface area (Å²) in [5.41, 5.74) is 2.86. The quantitative estimate of drug-likeness (QED) is 0.476. The van der Waals surface area contributed by atoms with Crippen LogP contribution in [-0.4, -0.2) is 10.7 Å². The third kappa shape index (κ3) is 2.68. The van der Waals surface area contributed by atoms with Gasteiger partial charge in [-0.25, -0.2) is 0 Å². The van der Waals surface area contributed by atoms with Gasteiger partial charge < -0.3 is 0 Å². The molecule has 0 unspecified atom stereocenters. The Labute approximate surface area is 110 Å². The van der Waals surface area contributed by atoms with Crippen LogP contribution in [0, 0.1) is 17.0 Å². The zero-order valence-electron chi connectivity index (χ0n) is 10.7. The highest BCUT2D eigenvalue weighted by Crippen LogP contribution is 2.27. The van der Waals surface area contributed by atoms with Crippen LogP contribution in [0.2, 0.25) is 0 Å². The fraction of sp³-hybridized carbons (Fsp3) is 0.133. The molecule has 0 amide bonds. The van der Waals surface area contributed by atoms with E-state index in [4.69, 9.17) is 0 Å². The minimum atomic E-state index is -0.532. The lowest BCUT2D eigenvalue weighted by molar-refractivity contribution is -0.385. The number of aryl methyl sites for hydroxylation is 1. The van der Waals surface area contributed by atoms with E-state index in [1.54, 1.807) is 12.1 Å². The molecule has 0 radical (unpaired) electrons. The molecule has 0 aliphatic heterocycles. The van der Waals surface area contributed by atoms with Crippen molar-refractivity contribution in [2.24, 2.45) is 0 Å². The normalized spacial score (nSPS) is 10.2. The summed E-state index contributed by atoms with van der Waals surface area (Å²) in [5, 5.41) is 10.9. The van der Waals surface area contributed by atoms with Crippen LogP contribution in [0.25, 0.3) is 11.1 Å². The predicted octanol–water partition coefficient (Wildman–Crippen LogP) is 3.77. The fourth-order valence-corrected chi connectivity index (χ4v) is 1.90. The molecule has 4 heteroatoms. The Morgan fingerprint density at radius 3 is 2.16 bits per heavy atom. The second kappa shape index (κ2) is 5.02. The van der Waals surface area contributed by atoms with Crippen LogP contribution in [0.3, 0.4) is 0 Å². The first-order valence-electron chi connectivity index (χ1n) is 5.85. The molecule has 0 saturated carbocycles. The molecular formula is C15H13NO3. The van der Waals surface area contributed by atoms with Crippen molar-refractivity contribution in [2.45, 2.75) is 13.8 Å². The Morgan fingerprint density at radius 2 is 1.63 bits per heavy atom. The summed E-state index contributed by atoms with van der Waals surface area (Å²) in [6, 6.07) is 12.4. The van der Waals surface area contributed by atoms with Crippen molar-refractivity contribution in [1.82, 2.24) is 0 Å². The molecule has 0 aromatic heterocycles. The van der Waals surface area contributed by atoms with Gasteiger partial charge in [-0.2, -0.15) is 0 Å². The lowest BCUT2D eigenvalue weighted by atomic mass is 9.99. The average Bonchev–Trinajstić information content (AvgIpc) is 2.38. The van der Waals surface area contributed by atoms with Gasteiger partial charge in [0.25, 0.3) is 5.69 Å². The lowest BCUT2D eigenvalue weighted by Gasteiger charge is -2.05. The summed E-state index contributed by atoms with van der Waals surface area (Å²) in [6.07, 6.45) is 0. The first kappa shape index (κ1) is 13.0. The molecule has 2 aromatic rings. The maximum atomic E-state index is 11.5. The first-order valence-corrected chi connectivity index (χ1v) is 5.85. The molecule has 0 N–H and O–H groups in total. The monoisotopic (exact) mass is 255 g/mol. The van der Waals surface area contributed by atoms with E-state index in [1.807, 2.05) is 31.2 Å². The predicted molar refractivity (Wildman–Crippen MR) is 73.3 cm³/mol. The average molecular weight is 255 g/mol. The second-order valence-electron chi connectivity index (χ2n) is 4.41. The van der Waals surface area contributed by atoms with Crippen LogP contribution >= 0.6 is 0 Å². The van der Waals surface area contributed by atoms with Gasteiger partial charge in [0.1, 0.15) is 0 Å². The summed E-state index contributed by atoms with van der Waals surface area (Å²) < 4.78 is 0. The van der Waals surface area contributed by atoms with E-state index in [0.29, 0.717) is 0 Å². The zero-order chi connectivity index (χ0) is 14.0. The fourth-order valence-electron chi connectivity index (χ4n) is 1.90. The first-order chi connectivity index (χ1) is 8.99. The van der Waals surface area contributed by atoms with Crippen molar-refractivity contribution in [1.29, 1.82) is 0 Å². The number of nitrogens with zero attached hydrogens (tertiary/aromatic N) is 1. The standard InChI is InChI=1S/C15H13NO3/c1-10-3-5-12(6-4-10)13-7-8-15(16(18)19)14(9-13)11(2)17/h3-9H,1-2H3. The van der Waals surface area contributed by atoms with Gasteiger partial charge in [-0.15, -0.1) is 0 Å². The van der Waals surface area contributed by atoms with Crippen LogP contribution in [0.15, 0.2) is 42.5 Å². The van der Waals surface area contributed by atoms with Crippen molar-refractivity contribution in [3.8, 4) is 11.1 Å². The summed E-state index contributed by atoms with van der Waals surface area (Å²) >= 11 is 0. The third-order valence-electron chi connectivity index (χ3n) is 2.96. The van der Waals surface area contributed by atoms with Gasteiger partial charge in [0, 0.05) is 6.07 Å². The maximum absolute atomic E-state index is 11.5. The Hall–Kier alpha value is -2.49. The molecular weight excluding hydrogens is 242 g/mol.